The molecule has 3 rings (SSSR count). The number of amides is 1. The molecule has 0 saturated carbocycles. The highest BCUT2D eigenvalue weighted by molar-refractivity contribution is 5.97. The average Bonchev–Trinajstić information content (AvgIpc) is 3.05. The van der Waals surface area contributed by atoms with E-state index in [1.807, 2.05) is 25.3 Å². The van der Waals surface area contributed by atoms with Crippen molar-refractivity contribution in [3.05, 3.63) is 42.5 Å². The Bertz CT molecular complexity index is 627. The van der Waals surface area contributed by atoms with Crippen molar-refractivity contribution < 1.29 is 4.79 Å². The van der Waals surface area contributed by atoms with Crippen molar-refractivity contribution in [1.82, 2.24) is 20.1 Å². The van der Waals surface area contributed by atoms with Gasteiger partial charge in [-0.3, -0.25) is 14.5 Å². The highest BCUT2D eigenvalue weighted by Crippen LogP contribution is 2.29. The van der Waals surface area contributed by atoms with Crippen molar-refractivity contribution in [3.8, 4) is 0 Å². The maximum absolute atomic E-state index is 12.9. The molecule has 8 heteroatoms. The van der Waals surface area contributed by atoms with Crippen LogP contribution in [-0.2, 0) is 10.3 Å². The average molecular weight is 358 g/mol. The molecular formula is C15H21Cl2N5O. The second kappa shape index (κ2) is 8.29. The number of nitrogens with zero attached hydrogens (tertiary/aromatic N) is 3. The fourth-order valence-corrected chi connectivity index (χ4v) is 2.76. The van der Waals surface area contributed by atoms with Gasteiger partial charge in [-0.25, -0.2) is 0 Å². The Kier molecular flexibility index (Phi) is 7.00. The number of aromatic nitrogens is 3. The summed E-state index contributed by atoms with van der Waals surface area (Å²) in [4.78, 5) is 17.0. The van der Waals surface area contributed by atoms with Crippen LogP contribution in [0.4, 0.5) is 5.69 Å². The SMILES string of the molecule is Cc1ccncc1NC(=O)C1(n2cccn2)CCNCC1.Cl.Cl. The van der Waals surface area contributed by atoms with Gasteiger partial charge in [0.15, 0.2) is 0 Å². The molecule has 1 aliphatic rings. The number of nitrogens with one attached hydrogen (secondary N) is 2. The van der Waals surface area contributed by atoms with Gasteiger partial charge in [0, 0.05) is 18.6 Å². The molecule has 1 aliphatic heterocycles. The number of aryl methyl sites for hydroxylation is 1. The van der Waals surface area contributed by atoms with Gasteiger partial charge in [-0.15, -0.1) is 24.8 Å². The number of carbonyl (C=O) groups is 1. The van der Waals surface area contributed by atoms with Crippen molar-refractivity contribution >= 4 is 36.4 Å². The van der Waals surface area contributed by atoms with Crippen molar-refractivity contribution in [2.75, 3.05) is 18.4 Å². The third-order valence-electron chi connectivity index (χ3n) is 4.08. The van der Waals surface area contributed by atoms with E-state index in [4.69, 9.17) is 0 Å². The molecule has 1 saturated heterocycles. The predicted molar refractivity (Wildman–Crippen MR) is 94.4 cm³/mol. The Morgan fingerprint density at radius 3 is 2.65 bits per heavy atom. The van der Waals surface area contributed by atoms with Crippen molar-refractivity contribution in [2.24, 2.45) is 0 Å². The molecule has 0 aromatic carbocycles. The van der Waals surface area contributed by atoms with Gasteiger partial charge in [-0.05, 0) is 50.6 Å². The molecule has 0 unspecified atom stereocenters. The van der Waals surface area contributed by atoms with Gasteiger partial charge < -0.3 is 10.6 Å². The molecule has 3 heterocycles. The van der Waals surface area contributed by atoms with Crippen LogP contribution in [0.25, 0.3) is 0 Å². The molecule has 0 radical (unpaired) electrons. The Morgan fingerprint density at radius 1 is 1.30 bits per heavy atom. The maximum atomic E-state index is 12.9. The normalized spacial score (nSPS) is 15.9. The van der Waals surface area contributed by atoms with Gasteiger partial charge in [0.25, 0.3) is 5.91 Å². The molecule has 0 atom stereocenters. The van der Waals surface area contributed by atoms with Gasteiger partial charge in [0.2, 0.25) is 0 Å². The van der Waals surface area contributed by atoms with E-state index in [9.17, 15) is 4.79 Å². The molecule has 6 nitrogen and oxygen atoms in total. The molecule has 0 aliphatic carbocycles. The lowest BCUT2D eigenvalue weighted by Crippen LogP contribution is -2.52. The Labute approximate surface area is 147 Å². The molecule has 23 heavy (non-hydrogen) atoms. The quantitative estimate of drug-likeness (QED) is 0.882. The van der Waals surface area contributed by atoms with E-state index >= 15 is 0 Å². The lowest BCUT2D eigenvalue weighted by Gasteiger charge is -2.36. The zero-order chi connectivity index (χ0) is 14.7. The first kappa shape index (κ1) is 19.4. The largest absolute Gasteiger partial charge is 0.322 e. The van der Waals surface area contributed by atoms with Gasteiger partial charge in [-0.2, -0.15) is 5.10 Å². The molecule has 0 bridgehead atoms. The second-order valence-corrected chi connectivity index (χ2v) is 5.38. The molecule has 2 aromatic rings. The first-order valence-electron chi connectivity index (χ1n) is 7.15. The van der Waals surface area contributed by atoms with E-state index in [2.05, 4.69) is 20.7 Å². The zero-order valence-electron chi connectivity index (χ0n) is 12.9. The molecule has 126 valence electrons. The van der Waals surface area contributed by atoms with Crippen molar-refractivity contribution in [1.29, 1.82) is 0 Å². The smallest absolute Gasteiger partial charge is 0.252 e. The van der Waals surface area contributed by atoms with Crippen LogP contribution in [0.2, 0.25) is 0 Å². The molecule has 2 aromatic heterocycles. The summed E-state index contributed by atoms with van der Waals surface area (Å²) in [5.41, 5.74) is 1.13. The predicted octanol–water partition coefficient (Wildman–Crippen LogP) is 2.15. The van der Waals surface area contributed by atoms with E-state index in [0.717, 1.165) is 37.2 Å². The van der Waals surface area contributed by atoms with Crippen molar-refractivity contribution in [2.45, 2.75) is 25.3 Å². The molecule has 0 spiro atoms. The number of pyridine rings is 1. The number of halogens is 2. The summed E-state index contributed by atoms with van der Waals surface area (Å²) in [5, 5.41) is 10.6. The minimum Gasteiger partial charge on any atom is -0.322 e. The topological polar surface area (TPSA) is 71.8 Å². The molecule has 2 N–H and O–H groups in total. The summed E-state index contributed by atoms with van der Waals surface area (Å²) in [5.74, 6) is -0.0243. The second-order valence-electron chi connectivity index (χ2n) is 5.38. The molecule has 1 amide bonds. The molecule has 1 fully saturated rings. The summed E-state index contributed by atoms with van der Waals surface area (Å²) in [6.45, 7) is 3.57. The van der Waals surface area contributed by atoms with Crippen molar-refractivity contribution in [3.63, 3.8) is 0 Å². The van der Waals surface area contributed by atoms with Crippen LogP contribution in [0.5, 0.6) is 0 Å². The molecular weight excluding hydrogens is 337 g/mol. The first-order chi connectivity index (χ1) is 10.2. The Hall–Kier alpha value is -1.63. The number of hydrogen-bond donors (Lipinski definition) is 2. The number of anilines is 1. The first-order valence-corrected chi connectivity index (χ1v) is 7.15. The minimum absolute atomic E-state index is 0. The summed E-state index contributed by atoms with van der Waals surface area (Å²) in [6, 6.07) is 3.74. The van der Waals surface area contributed by atoms with E-state index in [1.54, 1.807) is 23.3 Å². The van der Waals surface area contributed by atoms with Crippen LogP contribution in [0.1, 0.15) is 18.4 Å². The van der Waals surface area contributed by atoms with Gasteiger partial charge in [-0.1, -0.05) is 0 Å². The number of carbonyl (C=O) groups excluding carboxylic acids is 1. The number of rotatable bonds is 3. The monoisotopic (exact) mass is 357 g/mol. The van der Waals surface area contributed by atoms with Gasteiger partial charge in [0.05, 0.1) is 11.9 Å². The Balaban J connectivity index is 0.00000132. The van der Waals surface area contributed by atoms with Gasteiger partial charge in [0.1, 0.15) is 5.54 Å². The van der Waals surface area contributed by atoms with Crippen LogP contribution >= 0.6 is 24.8 Å². The fourth-order valence-electron chi connectivity index (χ4n) is 2.76. The highest BCUT2D eigenvalue weighted by atomic mass is 35.5. The van der Waals surface area contributed by atoms with Crippen LogP contribution in [0, 0.1) is 6.92 Å². The minimum atomic E-state index is -0.628. The number of hydrogen-bond acceptors (Lipinski definition) is 4. The van der Waals surface area contributed by atoms with Crippen LogP contribution < -0.4 is 10.6 Å². The third kappa shape index (κ3) is 3.83. The van der Waals surface area contributed by atoms with E-state index in [-0.39, 0.29) is 30.7 Å². The third-order valence-corrected chi connectivity index (χ3v) is 4.08. The van der Waals surface area contributed by atoms with E-state index in [0.29, 0.717) is 0 Å². The van der Waals surface area contributed by atoms with Crippen LogP contribution in [0.15, 0.2) is 36.9 Å². The fraction of sp³-hybridized carbons (Fsp3) is 0.400. The van der Waals surface area contributed by atoms with E-state index < -0.39 is 5.54 Å². The summed E-state index contributed by atoms with van der Waals surface area (Å²) in [7, 11) is 0. The maximum Gasteiger partial charge on any atom is 0.252 e. The van der Waals surface area contributed by atoms with Gasteiger partial charge >= 0.3 is 0 Å². The lowest BCUT2D eigenvalue weighted by molar-refractivity contribution is -0.126. The Morgan fingerprint density at radius 2 is 2.04 bits per heavy atom. The lowest BCUT2D eigenvalue weighted by atomic mass is 9.87. The number of piperidine rings is 1. The summed E-state index contributed by atoms with van der Waals surface area (Å²) >= 11 is 0. The highest BCUT2D eigenvalue weighted by Gasteiger charge is 2.42. The summed E-state index contributed by atoms with van der Waals surface area (Å²) in [6.07, 6.45) is 8.43. The zero-order valence-corrected chi connectivity index (χ0v) is 14.5. The van der Waals surface area contributed by atoms with Crippen LogP contribution in [0.3, 0.4) is 0 Å². The summed E-state index contributed by atoms with van der Waals surface area (Å²) < 4.78 is 1.79. The van der Waals surface area contributed by atoms with Crippen LogP contribution in [-0.4, -0.2) is 33.8 Å². The standard InChI is InChI=1S/C15H19N5O.2ClH/c1-12-3-7-17-11-13(12)19-14(21)15(4-8-16-9-5-15)20-10-2-6-18-20;;/h2-3,6-7,10-11,16H,4-5,8-9H2,1H3,(H,19,21);2*1H. The van der Waals surface area contributed by atoms with E-state index in [1.165, 1.54) is 0 Å².